The van der Waals surface area contributed by atoms with Gasteiger partial charge in [-0.2, -0.15) is 0 Å². The molecule has 37 heavy (non-hydrogen) atoms. The predicted octanol–water partition coefficient (Wildman–Crippen LogP) is 5.21. The molecule has 1 aromatic heterocycles. The van der Waals surface area contributed by atoms with Crippen LogP contribution in [0.2, 0.25) is 0 Å². The van der Waals surface area contributed by atoms with E-state index in [1.807, 2.05) is 32.9 Å². The van der Waals surface area contributed by atoms with Crippen LogP contribution in [0.15, 0.2) is 54.1 Å². The lowest BCUT2D eigenvalue weighted by atomic mass is 9.95. The number of benzene rings is 2. The number of aliphatic hydroxyl groups excluding tert-OH is 1. The fourth-order valence-corrected chi connectivity index (χ4v) is 5.00. The molecule has 4 rings (SSSR count). The largest absolute Gasteiger partial charge is 0.507 e. The van der Waals surface area contributed by atoms with Crippen LogP contribution in [0.25, 0.3) is 5.76 Å². The zero-order valence-corrected chi connectivity index (χ0v) is 22.1. The quantitative estimate of drug-likeness (QED) is 0.197. The molecule has 0 bridgehead atoms. The summed E-state index contributed by atoms with van der Waals surface area (Å²) in [6, 6.07) is 13.1. The summed E-state index contributed by atoms with van der Waals surface area (Å²) in [6.07, 6.45) is 0. The van der Waals surface area contributed by atoms with E-state index in [0.29, 0.717) is 35.1 Å². The van der Waals surface area contributed by atoms with E-state index < -0.39 is 23.7 Å². The number of aryl methyl sites for hydroxylation is 2. The van der Waals surface area contributed by atoms with Crippen molar-refractivity contribution in [2.45, 2.75) is 33.7 Å². The molecule has 1 atom stereocenters. The van der Waals surface area contributed by atoms with Crippen LogP contribution in [0.4, 0.5) is 5.13 Å². The number of ketones is 1. The van der Waals surface area contributed by atoms with E-state index in [-0.39, 0.29) is 21.3 Å². The van der Waals surface area contributed by atoms with Gasteiger partial charge in [-0.1, -0.05) is 55.0 Å². The van der Waals surface area contributed by atoms with Crippen molar-refractivity contribution in [3.8, 4) is 5.75 Å². The van der Waals surface area contributed by atoms with Crippen LogP contribution in [0.1, 0.15) is 51.9 Å². The minimum absolute atomic E-state index is 0.0582. The molecule has 1 unspecified atom stereocenters. The monoisotopic (exact) mass is 520 g/mol. The van der Waals surface area contributed by atoms with Crippen molar-refractivity contribution in [1.82, 2.24) is 4.98 Å². The second-order valence-electron chi connectivity index (χ2n) is 9.21. The molecule has 9 heteroatoms. The van der Waals surface area contributed by atoms with Gasteiger partial charge in [0.05, 0.1) is 31.0 Å². The van der Waals surface area contributed by atoms with Gasteiger partial charge in [-0.25, -0.2) is 9.78 Å². The summed E-state index contributed by atoms with van der Waals surface area (Å²) in [7, 11) is 1.26. The van der Waals surface area contributed by atoms with Gasteiger partial charge in [0, 0.05) is 5.56 Å². The molecule has 1 amide bonds. The van der Waals surface area contributed by atoms with Gasteiger partial charge in [-0.05, 0) is 49.6 Å². The van der Waals surface area contributed by atoms with Gasteiger partial charge < -0.3 is 14.6 Å². The zero-order valence-electron chi connectivity index (χ0n) is 21.3. The van der Waals surface area contributed by atoms with E-state index in [1.165, 1.54) is 12.0 Å². The number of rotatable bonds is 7. The average molecular weight is 521 g/mol. The molecule has 0 radical (unpaired) electrons. The summed E-state index contributed by atoms with van der Waals surface area (Å²) in [4.78, 5) is 44.7. The third kappa shape index (κ3) is 5.13. The second kappa shape index (κ2) is 10.6. The first kappa shape index (κ1) is 26.1. The van der Waals surface area contributed by atoms with Crippen LogP contribution in [0, 0.1) is 19.8 Å². The van der Waals surface area contributed by atoms with Crippen molar-refractivity contribution in [2.24, 2.45) is 5.92 Å². The summed E-state index contributed by atoms with van der Waals surface area (Å²) in [5, 5.41) is 11.5. The number of anilines is 1. The number of amides is 1. The summed E-state index contributed by atoms with van der Waals surface area (Å²) < 4.78 is 10.5. The third-order valence-corrected chi connectivity index (χ3v) is 7.05. The van der Waals surface area contributed by atoms with Gasteiger partial charge in [0.25, 0.3) is 5.78 Å². The molecule has 0 aliphatic carbocycles. The minimum Gasteiger partial charge on any atom is -0.507 e. The van der Waals surface area contributed by atoms with Crippen molar-refractivity contribution < 1.29 is 29.0 Å². The third-order valence-electron chi connectivity index (χ3n) is 5.91. The number of carbonyl (C=O) groups is 3. The molecular formula is C28H28N2O6S. The lowest BCUT2D eigenvalue weighted by molar-refractivity contribution is -0.132. The summed E-state index contributed by atoms with van der Waals surface area (Å²) in [6.45, 7) is 8.19. The molecule has 1 fully saturated rings. The van der Waals surface area contributed by atoms with Crippen LogP contribution < -0.4 is 9.64 Å². The van der Waals surface area contributed by atoms with Crippen LogP contribution in [0.5, 0.6) is 5.75 Å². The van der Waals surface area contributed by atoms with E-state index in [9.17, 15) is 19.5 Å². The van der Waals surface area contributed by atoms with Crippen molar-refractivity contribution in [3.05, 3.63) is 81.4 Å². The molecule has 1 aliphatic rings. The van der Waals surface area contributed by atoms with Gasteiger partial charge in [0.2, 0.25) is 0 Å². The van der Waals surface area contributed by atoms with Crippen LogP contribution >= 0.6 is 11.3 Å². The average Bonchev–Trinajstić information content (AvgIpc) is 3.39. The Morgan fingerprint density at radius 2 is 1.73 bits per heavy atom. The highest BCUT2D eigenvalue weighted by Gasteiger charge is 2.48. The molecule has 0 spiro atoms. The fourth-order valence-electron chi connectivity index (χ4n) is 3.99. The maximum atomic E-state index is 13.3. The Morgan fingerprint density at radius 1 is 1.08 bits per heavy atom. The molecule has 1 saturated heterocycles. The Labute approximate surface area is 219 Å². The van der Waals surface area contributed by atoms with Crippen molar-refractivity contribution in [2.75, 3.05) is 18.6 Å². The number of aromatic nitrogens is 1. The van der Waals surface area contributed by atoms with Gasteiger partial charge in [0.1, 0.15) is 16.4 Å². The number of esters is 1. The number of methoxy groups -OCH3 is 1. The zero-order chi connectivity index (χ0) is 26.9. The standard InChI is InChI=1S/C28H28N2O6S/c1-15(2)14-36-20-12-10-19(11-13-20)23(31)21-22(18-8-6-16(3)7-9-18)30(26(33)24(21)32)28-29-17(4)25(37-28)27(34)35-5/h6-13,15,22,31H,14H2,1-5H3/b23-21+. The maximum absolute atomic E-state index is 13.3. The Hall–Kier alpha value is -3.98. The van der Waals surface area contributed by atoms with Gasteiger partial charge in [-0.3, -0.25) is 14.5 Å². The Bertz CT molecular complexity index is 1370. The molecule has 192 valence electrons. The lowest BCUT2D eigenvalue weighted by Gasteiger charge is -2.23. The molecular weight excluding hydrogens is 492 g/mol. The van der Waals surface area contributed by atoms with Crippen molar-refractivity contribution >= 4 is 39.9 Å². The molecule has 8 nitrogen and oxygen atoms in total. The van der Waals surface area contributed by atoms with E-state index in [1.54, 1.807) is 43.3 Å². The van der Waals surface area contributed by atoms with E-state index in [0.717, 1.165) is 16.9 Å². The van der Waals surface area contributed by atoms with E-state index in [2.05, 4.69) is 4.98 Å². The van der Waals surface area contributed by atoms with Gasteiger partial charge in [-0.15, -0.1) is 0 Å². The number of hydrogen-bond donors (Lipinski definition) is 1. The Kier molecular flexibility index (Phi) is 7.45. The number of thiazole rings is 1. The number of Topliss-reactive ketones (excluding diaryl/α,β-unsaturated/α-hetero) is 1. The van der Waals surface area contributed by atoms with E-state index in [4.69, 9.17) is 9.47 Å². The lowest BCUT2D eigenvalue weighted by Crippen LogP contribution is -2.29. The smallest absolute Gasteiger partial charge is 0.350 e. The second-order valence-corrected chi connectivity index (χ2v) is 10.2. The molecule has 1 N–H and O–H groups in total. The molecule has 2 aromatic carbocycles. The number of hydrogen-bond acceptors (Lipinski definition) is 8. The van der Waals surface area contributed by atoms with Gasteiger partial charge in [0.15, 0.2) is 5.13 Å². The van der Waals surface area contributed by atoms with Crippen LogP contribution in [0.3, 0.4) is 0 Å². The Morgan fingerprint density at radius 3 is 2.32 bits per heavy atom. The molecule has 3 aromatic rings. The number of carbonyl (C=O) groups excluding carboxylic acids is 3. The first-order valence-corrected chi connectivity index (χ1v) is 12.6. The number of nitrogens with zero attached hydrogens (tertiary/aromatic N) is 2. The summed E-state index contributed by atoms with van der Waals surface area (Å²) in [5.41, 5.74) is 2.31. The van der Waals surface area contributed by atoms with Crippen molar-refractivity contribution in [1.29, 1.82) is 0 Å². The Balaban J connectivity index is 1.83. The first-order chi connectivity index (χ1) is 17.6. The van der Waals surface area contributed by atoms with Gasteiger partial charge >= 0.3 is 11.9 Å². The van der Waals surface area contributed by atoms with Crippen LogP contribution in [-0.4, -0.2) is 41.5 Å². The van der Waals surface area contributed by atoms with Crippen LogP contribution in [-0.2, 0) is 14.3 Å². The first-order valence-electron chi connectivity index (χ1n) is 11.8. The minimum atomic E-state index is -0.937. The highest BCUT2D eigenvalue weighted by Crippen LogP contribution is 2.44. The predicted molar refractivity (Wildman–Crippen MR) is 141 cm³/mol. The number of ether oxygens (including phenoxy) is 2. The SMILES string of the molecule is COC(=O)c1sc(N2C(=O)C(=O)/C(=C(/O)c3ccc(OCC(C)C)cc3)C2c2ccc(C)cc2)nc1C. The fraction of sp³-hybridized carbons (Fsp3) is 0.286. The molecule has 2 heterocycles. The normalized spacial score (nSPS) is 16.9. The molecule has 1 aliphatic heterocycles. The van der Waals surface area contributed by atoms with E-state index >= 15 is 0 Å². The highest BCUT2D eigenvalue weighted by atomic mass is 32.1. The topological polar surface area (TPSA) is 106 Å². The summed E-state index contributed by atoms with van der Waals surface area (Å²) >= 11 is 0.962. The van der Waals surface area contributed by atoms with Crippen molar-refractivity contribution in [3.63, 3.8) is 0 Å². The number of aliphatic hydroxyl groups is 1. The molecule has 0 saturated carbocycles. The summed E-state index contributed by atoms with van der Waals surface area (Å²) in [5.74, 6) is -1.57. The highest BCUT2D eigenvalue weighted by molar-refractivity contribution is 7.17. The maximum Gasteiger partial charge on any atom is 0.350 e.